The number of anilines is 1. The number of hydrogen-bond donors (Lipinski definition) is 1. The van der Waals surface area contributed by atoms with E-state index in [2.05, 4.69) is 5.32 Å². The fraction of sp³-hybridized carbons (Fsp3) is 0.467. The van der Waals surface area contributed by atoms with Gasteiger partial charge in [-0.25, -0.2) is 0 Å². The first kappa shape index (κ1) is 12.4. The minimum absolute atomic E-state index is 0.354. The van der Waals surface area contributed by atoms with Gasteiger partial charge < -0.3 is 10.2 Å². The quantitative estimate of drug-likeness (QED) is 0.818. The number of benzene rings is 1. The average Bonchev–Trinajstić information content (AvgIpc) is 2.65. The summed E-state index contributed by atoms with van der Waals surface area (Å²) < 4.78 is 0. The van der Waals surface area contributed by atoms with Crippen LogP contribution in [0, 0.1) is 12.8 Å². The lowest BCUT2D eigenvalue weighted by atomic mass is 9.97. The molecule has 0 atom stereocenters. The number of nitrogens with one attached hydrogen (secondary N) is 1. The molecule has 3 rings (SSSR count). The van der Waals surface area contributed by atoms with Gasteiger partial charge in [-0.15, -0.1) is 0 Å². The molecular weight excluding hydrogens is 240 g/mol. The van der Waals surface area contributed by atoms with Gasteiger partial charge >= 0.3 is 0 Å². The molecule has 1 aromatic rings. The van der Waals surface area contributed by atoms with Crippen LogP contribution in [0.2, 0.25) is 0 Å². The first-order chi connectivity index (χ1) is 9.16. The van der Waals surface area contributed by atoms with E-state index < -0.39 is 0 Å². The molecule has 1 aromatic carbocycles. The number of amides is 1. The Bertz CT molecular complexity index is 533. The van der Waals surface area contributed by atoms with E-state index in [1.807, 2.05) is 25.1 Å². The molecule has 0 aromatic heterocycles. The maximum atomic E-state index is 12.1. The lowest BCUT2D eigenvalue weighted by Crippen LogP contribution is -2.38. The van der Waals surface area contributed by atoms with Crippen molar-refractivity contribution in [2.75, 3.05) is 24.5 Å². The Morgan fingerprint density at radius 1 is 1.26 bits per heavy atom. The lowest BCUT2D eigenvalue weighted by Gasteiger charge is -2.27. The van der Waals surface area contributed by atoms with Gasteiger partial charge in [-0.2, -0.15) is 0 Å². The highest BCUT2D eigenvalue weighted by Crippen LogP contribution is 2.31. The molecule has 4 heteroatoms. The van der Waals surface area contributed by atoms with E-state index in [0.29, 0.717) is 18.0 Å². The fourth-order valence-corrected chi connectivity index (χ4v) is 2.92. The van der Waals surface area contributed by atoms with Crippen molar-refractivity contribution in [3.8, 4) is 0 Å². The number of ketones is 1. The van der Waals surface area contributed by atoms with Crippen molar-refractivity contribution in [1.82, 2.24) is 5.32 Å². The summed E-state index contributed by atoms with van der Waals surface area (Å²) in [6.07, 6.45) is 2.14. The Balaban J connectivity index is 1.86. The minimum Gasteiger partial charge on any atom is -0.317 e. The second-order valence-electron chi connectivity index (χ2n) is 5.46. The van der Waals surface area contributed by atoms with Crippen LogP contribution >= 0.6 is 0 Å². The van der Waals surface area contributed by atoms with Crippen molar-refractivity contribution in [3.05, 3.63) is 29.3 Å². The Morgan fingerprint density at radius 3 is 2.74 bits per heavy atom. The van der Waals surface area contributed by atoms with Crippen LogP contribution < -0.4 is 10.2 Å². The van der Waals surface area contributed by atoms with Crippen LogP contribution in [0.15, 0.2) is 18.2 Å². The molecule has 0 bridgehead atoms. The molecule has 1 N–H and O–H groups in total. The largest absolute Gasteiger partial charge is 0.317 e. The van der Waals surface area contributed by atoms with Crippen LogP contribution in [0.4, 0.5) is 5.69 Å². The first-order valence-corrected chi connectivity index (χ1v) is 6.84. The molecule has 2 heterocycles. The van der Waals surface area contributed by atoms with Crippen LogP contribution in [0.3, 0.4) is 0 Å². The first-order valence-electron chi connectivity index (χ1n) is 6.84. The molecule has 19 heavy (non-hydrogen) atoms. The number of piperidine rings is 1. The molecule has 2 aliphatic heterocycles. The summed E-state index contributed by atoms with van der Waals surface area (Å²) in [6, 6.07) is 5.67. The third-order valence-electron chi connectivity index (χ3n) is 4.03. The van der Waals surface area contributed by atoms with Crippen LogP contribution in [-0.4, -0.2) is 31.3 Å². The summed E-state index contributed by atoms with van der Waals surface area (Å²) >= 11 is 0. The topological polar surface area (TPSA) is 49.4 Å². The van der Waals surface area contributed by atoms with Gasteiger partial charge in [-0.05, 0) is 50.9 Å². The normalized spacial score (nSPS) is 19.9. The summed E-state index contributed by atoms with van der Waals surface area (Å²) in [5, 5.41) is 3.32. The summed E-state index contributed by atoms with van der Waals surface area (Å²) in [4.78, 5) is 25.8. The van der Waals surface area contributed by atoms with Crippen molar-refractivity contribution in [2.45, 2.75) is 19.8 Å². The standard InChI is InChI=1S/C15H18N2O2/c1-10-2-3-13-12(8-10)14(18)15(19)17(13)9-11-4-6-16-7-5-11/h2-3,8,11,16H,4-7,9H2,1H3. The van der Waals surface area contributed by atoms with Crippen LogP contribution in [0.5, 0.6) is 0 Å². The number of nitrogens with zero attached hydrogens (tertiary/aromatic N) is 1. The van der Waals surface area contributed by atoms with E-state index in [0.717, 1.165) is 37.2 Å². The third kappa shape index (κ3) is 2.16. The lowest BCUT2D eigenvalue weighted by molar-refractivity contribution is -0.114. The fourth-order valence-electron chi connectivity index (χ4n) is 2.92. The van der Waals surface area contributed by atoms with Gasteiger partial charge in [0, 0.05) is 6.54 Å². The highest BCUT2D eigenvalue weighted by atomic mass is 16.2. The number of fused-ring (bicyclic) bond motifs is 1. The second-order valence-corrected chi connectivity index (χ2v) is 5.46. The molecule has 4 nitrogen and oxygen atoms in total. The van der Waals surface area contributed by atoms with Crippen LogP contribution in [-0.2, 0) is 4.79 Å². The second kappa shape index (κ2) is 4.78. The number of carbonyl (C=O) groups is 2. The molecule has 0 spiro atoms. The molecule has 1 saturated heterocycles. The monoisotopic (exact) mass is 258 g/mol. The Labute approximate surface area is 112 Å². The summed E-state index contributed by atoms with van der Waals surface area (Å²) in [5.41, 5.74) is 2.38. The zero-order valence-electron chi connectivity index (χ0n) is 11.1. The zero-order valence-corrected chi connectivity index (χ0v) is 11.1. The molecule has 0 radical (unpaired) electrons. The SMILES string of the molecule is Cc1ccc2c(c1)C(=O)C(=O)N2CC1CCNCC1. The van der Waals surface area contributed by atoms with E-state index in [4.69, 9.17) is 0 Å². The maximum absolute atomic E-state index is 12.1. The van der Waals surface area contributed by atoms with Crippen LogP contribution in [0.1, 0.15) is 28.8 Å². The van der Waals surface area contributed by atoms with E-state index >= 15 is 0 Å². The average molecular weight is 258 g/mol. The van der Waals surface area contributed by atoms with E-state index in [1.54, 1.807) is 4.90 Å². The molecule has 0 saturated carbocycles. The molecule has 0 unspecified atom stereocenters. The highest BCUT2D eigenvalue weighted by molar-refractivity contribution is 6.52. The van der Waals surface area contributed by atoms with Crippen molar-refractivity contribution in [3.63, 3.8) is 0 Å². The van der Waals surface area contributed by atoms with Gasteiger partial charge in [-0.3, -0.25) is 9.59 Å². The van der Waals surface area contributed by atoms with Gasteiger partial charge in [0.05, 0.1) is 11.3 Å². The Morgan fingerprint density at radius 2 is 2.00 bits per heavy atom. The van der Waals surface area contributed by atoms with Crippen molar-refractivity contribution in [1.29, 1.82) is 0 Å². The number of aryl methyl sites for hydroxylation is 1. The van der Waals surface area contributed by atoms with Crippen molar-refractivity contribution < 1.29 is 9.59 Å². The Kier molecular flexibility index (Phi) is 3.11. The summed E-state index contributed by atoms with van der Waals surface area (Å²) in [5.74, 6) is -0.225. The van der Waals surface area contributed by atoms with E-state index in [1.165, 1.54) is 0 Å². The van der Waals surface area contributed by atoms with Gasteiger partial charge in [0.2, 0.25) is 0 Å². The van der Waals surface area contributed by atoms with Crippen LogP contribution in [0.25, 0.3) is 0 Å². The van der Waals surface area contributed by atoms with E-state index in [-0.39, 0.29) is 11.7 Å². The molecule has 1 amide bonds. The van der Waals surface area contributed by atoms with Crippen molar-refractivity contribution in [2.24, 2.45) is 5.92 Å². The molecule has 0 aliphatic carbocycles. The number of Topliss-reactive ketones (excluding diaryl/α,β-unsaturated/α-hetero) is 1. The van der Waals surface area contributed by atoms with Gasteiger partial charge in [-0.1, -0.05) is 11.6 Å². The molecular formula is C15H18N2O2. The number of rotatable bonds is 2. The van der Waals surface area contributed by atoms with Crippen molar-refractivity contribution >= 4 is 17.4 Å². The van der Waals surface area contributed by atoms with Gasteiger partial charge in [0.1, 0.15) is 0 Å². The smallest absolute Gasteiger partial charge is 0.299 e. The predicted octanol–water partition coefficient (Wildman–Crippen LogP) is 1.52. The number of hydrogen-bond acceptors (Lipinski definition) is 3. The molecule has 100 valence electrons. The highest BCUT2D eigenvalue weighted by Gasteiger charge is 2.36. The maximum Gasteiger partial charge on any atom is 0.299 e. The molecule has 2 aliphatic rings. The van der Waals surface area contributed by atoms with Gasteiger partial charge in [0.25, 0.3) is 11.7 Å². The minimum atomic E-state index is -0.362. The van der Waals surface area contributed by atoms with E-state index in [9.17, 15) is 9.59 Å². The Hall–Kier alpha value is -1.68. The van der Waals surface area contributed by atoms with Gasteiger partial charge in [0.15, 0.2) is 0 Å². The summed E-state index contributed by atoms with van der Waals surface area (Å²) in [6.45, 7) is 4.61. The predicted molar refractivity (Wildman–Crippen MR) is 73.5 cm³/mol. The summed E-state index contributed by atoms with van der Waals surface area (Å²) in [7, 11) is 0. The zero-order chi connectivity index (χ0) is 13.4. The third-order valence-corrected chi connectivity index (χ3v) is 4.03. The molecule has 1 fully saturated rings. The number of carbonyl (C=O) groups excluding carboxylic acids is 2.